The number of allylic oxidation sites excluding steroid dienone is 1. The molecule has 7 nitrogen and oxygen atoms in total. The topological polar surface area (TPSA) is 95.1 Å². The van der Waals surface area contributed by atoms with E-state index in [4.69, 9.17) is 10.5 Å². The van der Waals surface area contributed by atoms with E-state index in [0.29, 0.717) is 51.4 Å². The second kappa shape index (κ2) is 10.1. The zero-order valence-corrected chi connectivity index (χ0v) is 20.4. The number of hydrogen-bond acceptors (Lipinski definition) is 6. The number of nitrogen functional groups attached to an aromatic ring is 1. The second-order valence-corrected chi connectivity index (χ2v) is 8.57. The number of ether oxygens (including phenoxy) is 1. The summed E-state index contributed by atoms with van der Waals surface area (Å²) in [5, 5.41) is 3.37. The van der Waals surface area contributed by atoms with Crippen LogP contribution in [0.4, 0.5) is 26.1 Å². The molecule has 0 saturated heterocycles. The lowest BCUT2D eigenvalue weighted by molar-refractivity contribution is 0.439. The van der Waals surface area contributed by atoms with Gasteiger partial charge in [-0.3, -0.25) is 4.79 Å². The quantitative estimate of drug-likeness (QED) is 0.247. The summed E-state index contributed by atoms with van der Waals surface area (Å²) < 4.78 is 36.1. The standard InChI is InChI=1S/C29H23F2N5O2/c1-3-14-36-16-21(18-4-6-19(30)7-5-18)27(37)26-23(36)10-12-34-29(26)35-20-8-9-25(22(31)15-20)38-24-11-13-33-28(32)17(24)2/h3-13,15-16H,1,14H2,2H3,(H2,32,33)(H,34,35). The Balaban J connectivity index is 1.55. The van der Waals surface area contributed by atoms with Crippen LogP contribution in [0.15, 0.2) is 90.6 Å². The third-order valence-electron chi connectivity index (χ3n) is 6.08. The fourth-order valence-electron chi connectivity index (χ4n) is 4.11. The van der Waals surface area contributed by atoms with Gasteiger partial charge in [-0.15, -0.1) is 6.58 Å². The number of fused-ring (bicyclic) bond motifs is 1. The lowest BCUT2D eigenvalue weighted by Gasteiger charge is -2.15. The van der Waals surface area contributed by atoms with E-state index < -0.39 is 11.6 Å². The molecule has 0 spiro atoms. The molecule has 0 aliphatic carbocycles. The van der Waals surface area contributed by atoms with Crippen LogP contribution in [0.25, 0.3) is 22.0 Å². The van der Waals surface area contributed by atoms with E-state index in [-0.39, 0.29) is 17.0 Å². The number of nitrogens with two attached hydrogens (primary N) is 1. The maximum absolute atomic E-state index is 15.0. The van der Waals surface area contributed by atoms with Crippen molar-refractivity contribution < 1.29 is 13.5 Å². The van der Waals surface area contributed by atoms with Crippen LogP contribution in [0.3, 0.4) is 0 Å². The van der Waals surface area contributed by atoms with Gasteiger partial charge in [-0.2, -0.15) is 0 Å². The molecule has 0 bridgehead atoms. The summed E-state index contributed by atoms with van der Waals surface area (Å²) in [6.07, 6.45) is 6.46. The molecule has 5 aromatic rings. The zero-order valence-electron chi connectivity index (χ0n) is 20.4. The predicted octanol–water partition coefficient (Wildman–Crippen LogP) is 6.35. The first-order valence-electron chi connectivity index (χ1n) is 11.7. The predicted molar refractivity (Wildman–Crippen MR) is 145 cm³/mol. The average Bonchev–Trinajstić information content (AvgIpc) is 2.90. The van der Waals surface area contributed by atoms with Crippen LogP contribution < -0.4 is 21.2 Å². The highest BCUT2D eigenvalue weighted by atomic mass is 19.1. The van der Waals surface area contributed by atoms with Gasteiger partial charge in [-0.05, 0) is 48.9 Å². The molecule has 0 aliphatic rings. The monoisotopic (exact) mass is 511 g/mol. The molecule has 3 heterocycles. The molecule has 0 radical (unpaired) electrons. The van der Waals surface area contributed by atoms with Crippen molar-refractivity contribution in [3.63, 3.8) is 0 Å². The van der Waals surface area contributed by atoms with E-state index >= 15 is 4.39 Å². The van der Waals surface area contributed by atoms with Crippen molar-refractivity contribution in [2.45, 2.75) is 13.5 Å². The molecule has 0 amide bonds. The Bertz CT molecular complexity index is 1730. The largest absolute Gasteiger partial charge is 0.454 e. The number of pyridine rings is 3. The fraction of sp³-hybridized carbons (Fsp3) is 0.0690. The minimum absolute atomic E-state index is 0.00191. The Hall–Kier alpha value is -5.05. The Morgan fingerprint density at radius 2 is 1.82 bits per heavy atom. The van der Waals surface area contributed by atoms with Crippen LogP contribution in [0.5, 0.6) is 11.5 Å². The lowest BCUT2D eigenvalue weighted by Crippen LogP contribution is -2.14. The highest BCUT2D eigenvalue weighted by molar-refractivity contribution is 5.93. The summed E-state index contributed by atoms with van der Waals surface area (Å²) in [6, 6.07) is 13.4. The lowest BCUT2D eigenvalue weighted by atomic mass is 10.0. The molecule has 3 aromatic heterocycles. The Kier molecular flexibility index (Phi) is 6.57. The summed E-state index contributed by atoms with van der Waals surface area (Å²) in [6.45, 7) is 5.96. The SMILES string of the molecule is C=CCn1cc(-c2ccc(F)cc2)c(=O)c2c(Nc3ccc(Oc4ccnc(N)c4C)c(F)c3)nccc21. The zero-order chi connectivity index (χ0) is 26.8. The first-order valence-corrected chi connectivity index (χ1v) is 11.7. The molecule has 190 valence electrons. The molecule has 9 heteroatoms. The number of halogens is 2. The maximum atomic E-state index is 15.0. The van der Waals surface area contributed by atoms with Crippen LogP contribution >= 0.6 is 0 Å². The second-order valence-electron chi connectivity index (χ2n) is 8.57. The molecule has 0 unspecified atom stereocenters. The van der Waals surface area contributed by atoms with Crippen LogP contribution in [0, 0.1) is 18.6 Å². The van der Waals surface area contributed by atoms with Crippen molar-refractivity contribution in [1.29, 1.82) is 0 Å². The van der Waals surface area contributed by atoms with E-state index in [1.807, 2.05) is 4.57 Å². The third kappa shape index (κ3) is 4.69. The molecule has 5 rings (SSSR count). The van der Waals surface area contributed by atoms with Crippen molar-refractivity contribution in [3.05, 3.63) is 113 Å². The van der Waals surface area contributed by atoms with Gasteiger partial charge in [-0.1, -0.05) is 18.2 Å². The molecule has 0 atom stereocenters. The molecule has 38 heavy (non-hydrogen) atoms. The van der Waals surface area contributed by atoms with Gasteiger partial charge < -0.3 is 20.4 Å². The Morgan fingerprint density at radius 3 is 2.55 bits per heavy atom. The van der Waals surface area contributed by atoms with Gasteiger partial charge in [0.2, 0.25) is 5.43 Å². The summed E-state index contributed by atoms with van der Waals surface area (Å²) in [5.74, 6) is -0.0838. The van der Waals surface area contributed by atoms with Gasteiger partial charge in [-0.25, -0.2) is 18.7 Å². The van der Waals surface area contributed by atoms with E-state index in [1.165, 1.54) is 30.5 Å². The van der Waals surface area contributed by atoms with Gasteiger partial charge in [0.15, 0.2) is 11.6 Å². The van der Waals surface area contributed by atoms with Gasteiger partial charge in [0.25, 0.3) is 0 Å². The number of benzene rings is 2. The van der Waals surface area contributed by atoms with Gasteiger partial charge in [0, 0.05) is 48.0 Å². The van der Waals surface area contributed by atoms with Gasteiger partial charge in [0.1, 0.15) is 23.2 Å². The van der Waals surface area contributed by atoms with E-state index in [0.717, 1.165) is 0 Å². The number of aromatic nitrogens is 3. The number of hydrogen-bond donors (Lipinski definition) is 2. The van der Waals surface area contributed by atoms with Gasteiger partial charge in [0.05, 0.1) is 10.9 Å². The van der Waals surface area contributed by atoms with Crippen LogP contribution in [0.1, 0.15) is 5.56 Å². The smallest absolute Gasteiger partial charge is 0.200 e. The molecular weight excluding hydrogens is 488 g/mol. The number of nitrogens with one attached hydrogen (secondary N) is 1. The highest BCUT2D eigenvalue weighted by Gasteiger charge is 2.16. The first-order chi connectivity index (χ1) is 18.4. The van der Waals surface area contributed by atoms with E-state index in [9.17, 15) is 9.18 Å². The van der Waals surface area contributed by atoms with E-state index in [2.05, 4.69) is 21.9 Å². The van der Waals surface area contributed by atoms with Crippen molar-refractivity contribution in [1.82, 2.24) is 14.5 Å². The first kappa shape index (κ1) is 24.6. The van der Waals surface area contributed by atoms with E-state index in [1.54, 1.807) is 55.7 Å². The van der Waals surface area contributed by atoms with Gasteiger partial charge >= 0.3 is 0 Å². The van der Waals surface area contributed by atoms with Crippen LogP contribution in [0.2, 0.25) is 0 Å². The van der Waals surface area contributed by atoms with Crippen molar-refractivity contribution in [3.8, 4) is 22.6 Å². The van der Waals surface area contributed by atoms with Crippen LogP contribution in [-0.2, 0) is 6.54 Å². The molecule has 2 aromatic carbocycles. The van der Waals surface area contributed by atoms with Crippen molar-refractivity contribution in [2.75, 3.05) is 11.1 Å². The summed E-state index contributed by atoms with van der Waals surface area (Å²) in [4.78, 5) is 22.0. The Morgan fingerprint density at radius 1 is 1.05 bits per heavy atom. The number of anilines is 3. The minimum Gasteiger partial charge on any atom is -0.454 e. The molecule has 0 aliphatic heterocycles. The third-order valence-corrected chi connectivity index (χ3v) is 6.08. The normalized spacial score (nSPS) is 10.9. The van der Waals surface area contributed by atoms with Crippen LogP contribution in [-0.4, -0.2) is 14.5 Å². The highest BCUT2D eigenvalue weighted by Crippen LogP contribution is 2.32. The molecule has 0 fully saturated rings. The summed E-state index contributed by atoms with van der Waals surface area (Å²) in [5.41, 5.74) is 8.03. The summed E-state index contributed by atoms with van der Waals surface area (Å²) in [7, 11) is 0. The minimum atomic E-state index is -0.624. The summed E-state index contributed by atoms with van der Waals surface area (Å²) >= 11 is 0. The average molecular weight is 512 g/mol. The number of rotatable bonds is 7. The van der Waals surface area contributed by atoms with Crippen molar-refractivity contribution >= 4 is 28.2 Å². The van der Waals surface area contributed by atoms with Crippen molar-refractivity contribution in [2.24, 2.45) is 0 Å². The molecule has 0 saturated carbocycles. The Labute approximate surface area is 216 Å². The molecule has 3 N–H and O–H groups in total. The fourth-order valence-corrected chi connectivity index (χ4v) is 4.11. The molecular formula is C29H23F2N5O2. The maximum Gasteiger partial charge on any atom is 0.200 e. The number of nitrogens with zero attached hydrogens (tertiary/aromatic N) is 3.